The van der Waals surface area contributed by atoms with E-state index in [9.17, 15) is 14.5 Å². The molecule has 0 spiro atoms. The predicted molar refractivity (Wildman–Crippen MR) is 35.6 cm³/mol. The number of nitrogens with zero attached hydrogens (tertiary/aromatic N) is 3. The van der Waals surface area contributed by atoms with Crippen molar-refractivity contribution in [1.29, 1.82) is 5.26 Å². The topological polar surface area (TPSA) is 79.8 Å². The van der Waals surface area contributed by atoms with Gasteiger partial charge in [-0.05, 0) is 0 Å². The number of pyridine rings is 1. The molecule has 6 heteroatoms. The molecule has 0 atom stereocenters. The second-order valence-electron chi connectivity index (χ2n) is 1.90. The van der Waals surface area contributed by atoms with Gasteiger partial charge < -0.3 is 0 Å². The zero-order chi connectivity index (χ0) is 9.14. The van der Waals surface area contributed by atoms with Gasteiger partial charge >= 0.3 is 5.69 Å². The number of nitro groups is 1. The summed E-state index contributed by atoms with van der Waals surface area (Å²) < 4.78 is 12.5. The Balaban J connectivity index is 3.28. The molecule has 1 rings (SSSR count). The molecule has 0 aromatic carbocycles. The molecule has 1 heterocycles. The van der Waals surface area contributed by atoms with E-state index in [1.807, 2.05) is 0 Å². The molecule has 5 nitrogen and oxygen atoms in total. The third kappa shape index (κ3) is 1.34. The second kappa shape index (κ2) is 2.92. The number of hydrogen-bond acceptors (Lipinski definition) is 4. The van der Waals surface area contributed by atoms with Gasteiger partial charge in [-0.25, -0.2) is 4.98 Å². The van der Waals surface area contributed by atoms with Crippen molar-refractivity contribution in [2.75, 3.05) is 0 Å². The summed E-state index contributed by atoms with van der Waals surface area (Å²) in [5.41, 5.74) is -0.822. The first kappa shape index (κ1) is 8.07. The van der Waals surface area contributed by atoms with Crippen molar-refractivity contribution in [3.05, 3.63) is 33.9 Å². The minimum Gasteiger partial charge on any atom is -0.258 e. The zero-order valence-electron chi connectivity index (χ0n) is 5.69. The molecule has 12 heavy (non-hydrogen) atoms. The summed E-state index contributed by atoms with van der Waals surface area (Å²) in [4.78, 5) is 12.2. The molecule has 0 saturated heterocycles. The van der Waals surface area contributed by atoms with Crippen molar-refractivity contribution in [2.24, 2.45) is 0 Å². The Kier molecular flexibility index (Phi) is 1.96. The number of rotatable bonds is 1. The third-order valence-electron chi connectivity index (χ3n) is 1.15. The highest BCUT2D eigenvalue weighted by molar-refractivity contribution is 5.37. The van der Waals surface area contributed by atoms with Gasteiger partial charge in [0.25, 0.3) is 5.95 Å². The SMILES string of the molecule is N#Cc1cnc(F)c([N+](=O)[O-])c1. The van der Waals surface area contributed by atoms with E-state index in [-0.39, 0.29) is 5.56 Å². The van der Waals surface area contributed by atoms with Gasteiger partial charge in [-0.3, -0.25) is 10.1 Å². The fraction of sp³-hybridized carbons (Fsp3) is 0. The minimum absolute atomic E-state index is 0.0388. The van der Waals surface area contributed by atoms with E-state index in [0.29, 0.717) is 0 Å². The summed E-state index contributed by atoms with van der Waals surface area (Å²) in [5.74, 6) is -1.18. The van der Waals surface area contributed by atoms with Gasteiger partial charge in [-0.1, -0.05) is 0 Å². The van der Waals surface area contributed by atoms with Gasteiger partial charge in [0.05, 0.1) is 10.5 Å². The van der Waals surface area contributed by atoms with Crippen LogP contribution in [-0.4, -0.2) is 9.91 Å². The summed E-state index contributed by atoms with van der Waals surface area (Å²) in [5, 5.41) is 18.4. The van der Waals surface area contributed by atoms with Crippen LogP contribution in [0.2, 0.25) is 0 Å². The lowest BCUT2D eigenvalue weighted by Gasteiger charge is -1.91. The Labute approximate surface area is 66.2 Å². The van der Waals surface area contributed by atoms with Crippen molar-refractivity contribution in [3.63, 3.8) is 0 Å². The summed E-state index contributed by atoms with van der Waals surface area (Å²) in [6, 6.07) is 2.45. The van der Waals surface area contributed by atoms with Crippen LogP contribution in [-0.2, 0) is 0 Å². The van der Waals surface area contributed by atoms with Crippen molar-refractivity contribution in [2.45, 2.75) is 0 Å². The molecule has 0 radical (unpaired) electrons. The highest BCUT2D eigenvalue weighted by Crippen LogP contribution is 2.14. The average molecular weight is 167 g/mol. The maximum absolute atomic E-state index is 12.5. The number of hydrogen-bond donors (Lipinski definition) is 0. The Morgan fingerprint density at radius 1 is 1.75 bits per heavy atom. The molecular formula is C6H2FN3O2. The van der Waals surface area contributed by atoms with E-state index in [0.717, 1.165) is 12.3 Å². The second-order valence-corrected chi connectivity index (χ2v) is 1.90. The molecule has 60 valence electrons. The van der Waals surface area contributed by atoms with Gasteiger partial charge in [0.15, 0.2) is 0 Å². The average Bonchev–Trinajstić information content (AvgIpc) is 2.05. The highest BCUT2D eigenvalue weighted by atomic mass is 19.1. The molecule has 0 N–H and O–H groups in total. The summed E-state index contributed by atoms with van der Waals surface area (Å²) >= 11 is 0. The molecule has 0 aliphatic rings. The maximum Gasteiger partial charge on any atom is 0.325 e. The molecule has 0 saturated carbocycles. The lowest BCUT2D eigenvalue weighted by atomic mass is 10.3. The third-order valence-corrected chi connectivity index (χ3v) is 1.15. The van der Waals surface area contributed by atoms with Crippen LogP contribution in [0.3, 0.4) is 0 Å². The molecular weight excluding hydrogens is 165 g/mol. The van der Waals surface area contributed by atoms with E-state index in [4.69, 9.17) is 5.26 Å². The van der Waals surface area contributed by atoms with Gasteiger partial charge in [0.1, 0.15) is 6.07 Å². The van der Waals surface area contributed by atoms with Gasteiger partial charge in [0, 0.05) is 12.3 Å². The lowest BCUT2D eigenvalue weighted by Crippen LogP contribution is -1.95. The Morgan fingerprint density at radius 2 is 2.42 bits per heavy atom. The van der Waals surface area contributed by atoms with Crippen molar-refractivity contribution in [1.82, 2.24) is 4.98 Å². The van der Waals surface area contributed by atoms with Crippen LogP contribution in [0.5, 0.6) is 0 Å². The lowest BCUT2D eigenvalue weighted by molar-refractivity contribution is -0.388. The molecule has 0 amide bonds. The van der Waals surface area contributed by atoms with Crippen LogP contribution in [0.15, 0.2) is 12.3 Å². The molecule has 1 aromatic rings. The van der Waals surface area contributed by atoms with Gasteiger partial charge in [-0.15, -0.1) is 0 Å². The largest absolute Gasteiger partial charge is 0.325 e. The van der Waals surface area contributed by atoms with E-state index >= 15 is 0 Å². The number of nitriles is 1. The van der Waals surface area contributed by atoms with Gasteiger partial charge in [0.2, 0.25) is 0 Å². The summed E-state index contributed by atoms with van der Waals surface area (Å²) in [7, 11) is 0. The van der Waals surface area contributed by atoms with Crippen LogP contribution in [0.4, 0.5) is 10.1 Å². The van der Waals surface area contributed by atoms with Crippen LogP contribution >= 0.6 is 0 Å². The fourth-order valence-electron chi connectivity index (χ4n) is 0.626. The molecule has 0 fully saturated rings. The fourth-order valence-corrected chi connectivity index (χ4v) is 0.626. The first-order valence-corrected chi connectivity index (χ1v) is 2.85. The van der Waals surface area contributed by atoms with Crippen LogP contribution in [0.1, 0.15) is 5.56 Å². The Morgan fingerprint density at radius 3 is 2.92 bits per heavy atom. The first-order valence-electron chi connectivity index (χ1n) is 2.85. The van der Waals surface area contributed by atoms with Crippen molar-refractivity contribution < 1.29 is 9.31 Å². The van der Waals surface area contributed by atoms with E-state index in [1.54, 1.807) is 6.07 Å². The smallest absolute Gasteiger partial charge is 0.258 e. The minimum atomic E-state index is -1.18. The Hall–Kier alpha value is -2.03. The molecule has 0 aliphatic carbocycles. The summed E-state index contributed by atoms with van der Waals surface area (Å²) in [6.07, 6.45) is 0.933. The Bertz CT molecular complexity index is 372. The molecule has 0 aliphatic heterocycles. The van der Waals surface area contributed by atoms with Crippen LogP contribution in [0.25, 0.3) is 0 Å². The van der Waals surface area contributed by atoms with E-state index in [1.165, 1.54) is 0 Å². The predicted octanol–water partition coefficient (Wildman–Crippen LogP) is 1.00. The number of halogens is 1. The first-order chi connectivity index (χ1) is 5.65. The van der Waals surface area contributed by atoms with Crippen LogP contribution in [0, 0.1) is 27.4 Å². The summed E-state index contributed by atoms with van der Waals surface area (Å²) in [6.45, 7) is 0. The number of aromatic nitrogens is 1. The van der Waals surface area contributed by atoms with Crippen molar-refractivity contribution >= 4 is 5.69 Å². The highest BCUT2D eigenvalue weighted by Gasteiger charge is 2.15. The standard InChI is InChI=1S/C6H2FN3O2/c7-6-5(10(11)12)1-4(2-8)3-9-6/h1,3H. The van der Waals surface area contributed by atoms with Gasteiger partial charge in [-0.2, -0.15) is 9.65 Å². The maximum atomic E-state index is 12.5. The monoisotopic (exact) mass is 167 g/mol. The molecule has 1 aromatic heterocycles. The normalized spacial score (nSPS) is 9.00. The van der Waals surface area contributed by atoms with E-state index < -0.39 is 16.6 Å². The van der Waals surface area contributed by atoms with Crippen molar-refractivity contribution in [3.8, 4) is 6.07 Å². The van der Waals surface area contributed by atoms with Crippen LogP contribution < -0.4 is 0 Å². The quantitative estimate of drug-likeness (QED) is 0.355. The molecule has 0 unspecified atom stereocenters. The molecule has 0 bridgehead atoms. The zero-order valence-corrected chi connectivity index (χ0v) is 5.69. The van der Waals surface area contributed by atoms with E-state index in [2.05, 4.69) is 4.98 Å².